The molecule has 0 bridgehead atoms. The molecular formula is C18H18Cl2N2O2. The molecule has 0 spiro atoms. The summed E-state index contributed by atoms with van der Waals surface area (Å²) in [5.74, 6) is -0.442. The molecule has 2 aromatic rings. The molecule has 0 aromatic heterocycles. The zero-order valence-corrected chi connectivity index (χ0v) is 14.9. The smallest absolute Gasteiger partial charge is 0.267 e. The van der Waals surface area contributed by atoms with E-state index >= 15 is 0 Å². The largest absolute Gasteiger partial charge is 0.272 e. The highest BCUT2D eigenvalue weighted by atomic mass is 35.5. The van der Waals surface area contributed by atoms with E-state index in [1.807, 2.05) is 12.1 Å². The molecule has 0 aliphatic carbocycles. The summed E-state index contributed by atoms with van der Waals surface area (Å²) in [7, 11) is 0. The molecule has 126 valence electrons. The van der Waals surface area contributed by atoms with Crippen LogP contribution in [-0.2, 0) is 6.42 Å². The van der Waals surface area contributed by atoms with Crippen molar-refractivity contribution < 1.29 is 9.59 Å². The van der Waals surface area contributed by atoms with Crippen LogP contribution in [0.25, 0.3) is 0 Å². The summed E-state index contributed by atoms with van der Waals surface area (Å²) in [6, 6.07) is 12.0. The summed E-state index contributed by atoms with van der Waals surface area (Å²) in [6.45, 7) is 4.27. The maximum absolute atomic E-state index is 12.1. The fourth-order valence-corrected chi connectivity index (χ4v) is 2.80. The molecule has 24 heavy (non-hydrogen) atoms. The SMILES string of the molecule is CC(C)Cc1ccc(C(=O)NNC(=O)c2c(Cl)cccc2Cl)cc1. The second-order valence-corrected chi connectivity index (χ2v) is 6.61. The Morgan fingerprint density at radius 3 is 2.00 bits per heavy atom. The standard InChI is InChI=1S/C18H18Cl2N2O2/c1-11(2)10-12-6-8-13(9-7-12)17(23)21-22-18(24)16-14(19)4-3-5-15(16)20/h3-9,11H,10H2,1-2H3,(H,21,23)(H,22,24). The van der Waals surface area contributed by atoms with Gasteiger partial charge in [0.05, 0.1) is 15.6 Å². The molecule has 2 aromatic carbocycles. The molecule has 6 heteroatoms. The second-order valence-electron chi connectivity index (χ2n) is 5.80. The molecule has 0 saturated carbocycles. The molecule has 2 N–H and O–H groups in total. The third-order valence-electron chi connectivity index (χ3n) is 3.34. The zero-order valence-electron chi connectivity index (χ0n) is 13.4. The van der Waals surface area contributed by atoms with Crippen LogP contribution in [0.1, 0.15) is 40.1 Å². The summed E-state index contributed by atoms with van der Waals surface area (Å²) in [4.78, 5) is 24.2. The third-order valence-corrected chi connectivity index (χ3v) is 3.97. The highest BCUT2D eigenvalue weighted by molar-refractivity contribution is 6.39. The maximum Gasteiger partial charge on any atom is 0.272 e. The molecule has 0 aliphatic heterocycles. The van der Waals surface area contributed by atoms with Crippen molar-refractivity contribution in [2.24, 2.45) is 5.92 Å². The summed E-state index contributed by atoms with van der Waals surface area (Å²) in [6.07, 6.45) is 0.948. The van der Waals surface area contributed by atoms with Gasteiger partial charge in [-0.25, -0.2) is 0 Å². The molecule has 0 radical (unpaired) electrons. The van der Waals surface area contributed by atoms with Gasteiger partial charge in [-0.2, -0.15) is 0 Å². The van der Waals surface area contributed by atoms with Gasteiger partial charge in [-0.05, 0) is 42.2 Å². The van der Waals surface area contributed by atoms with E-state index in [1.54, 1.807) is 30.3 Å². The number of hydrogen-bond donors (Lipinski definition) is 2. The molecule has 0 saturated heterocycles. The Bertz CT molecular complexity index is 723. The van der Waals surface area contributed by atoms with Crippen molar-refractivity contribution in [2.75, 3.05) is 0 Å². The first kappa shape index (κ1) is 18.3. The molecule has 0 fully saturated rings. The van der Waals surface area contributed by atoms with Gasteiger partial charge in [0.2, 0.25) is 0 Å². The lowest BCUT2D eigenvalue weighted by Gasteiger charge is -2.10. The van der Waals surface area contributed by atoms with Crippen LogP contribution in [0.2, 0.25) is 10.0 Å². The van der Waals surface area contributed by atoms with E-state index in [2.05, 4.69) is 24.7 Å². The summed E-state index contributed by atoms with van der Waals surface area (Å²) in [5.41, 5.74) is 6.41. The number of nitrogens with one attached hydrogen (secondary N) is 2. The molecule has 2 amide bonds. The lowest BCUT2D eigenvalue weighted by Crippen LogP contribution is -2.41. The van der Waals surface area contributed by atoms with E-state index < -0.39 is 11.8 Å². The second kappa shape index (κ2) is 8.18. The molecule has 0 aliphatic rings. The number of carbonyl (C=O) groups excluding carboxylic acids is 2. The molecule has 2 rings (SSSR count). The van der Waals surface area contributed by atoms with Crippen LogP contribution in [-0.4, -0.2) is 11.8 Å². The topological polar surface area (TPSA) is 58.2 Å². The minimum absolute atomic E-state index is 0.119. The lowest BCUT2D eigenvalue weighted by molar-refractivity contribution is 0.0847. The number of carbonyl (C=O) groups is 2. The number of halogens is 2. The first-order valence-corrected chi connectivity index (χ1v) is 8.27. The minimum Gasteiger partial charge on any atom is -0.267 e. The number of rotatable bonds is 4. The Morgan fingerprint density at radius 2 is 1.46 bits per heavy atom. The Labute approximate surface area is 151 Å². The average molecular weight is 365 g/mol. The van der Waals surface area contributed by atoms with Crippen LogP contribution in [0, 0.1) is 5.92 Å². The molecule has 0 heterocycles. The third kappa shape index (κ3) is 4.73. The summed E-state index contributed by atoms with van der Waals surface area (Å²) in [5, 5.41) is 0.430. The molecule has 4 nitrogen and oxygen atoms in total. The lowest BCUT2D eigenvalue weighted by atomic mass is 10.0. The molecule has 0 atom stereocenters. The number of hydrazine groups is 1. The Balaban J connectivity index is 1.99. The number of benzene rings is 2. The van der Waals surface area contributed by atoms with E-state index in [4.69, 9.17) is 23.2 Å². The normalized spacial score (nSPS) is 10.5. The van der Waals surface area contributed by atoms with Crippen LogP contribution in [0.4, 0.5) is 0 Å². The summed E-state index contributed by atoms with van der Waals surface area (Å²) >= 11 is 11.9. The zero-order chi connectivity index (χ0) is 17.7. The van der Waals surface area contributed by atoms with E-state index in [-0.39, 0.29) is 15.6 Å². The van der Waals surface area contributed by atoms with Gasteiger partial charge in [0.15, 0.2) is 0 Å². The van der Waals surface area contributed by atoms with Crippen LogP contribution >= 0.6 is 23.2 Å². The van der Waals surface area contributed by atoms with Crippen molar-refractivity contribution in [3.63, 3.8) is 0 Å². The van der Waals surface area contributed by atoms with Gasteiger partial charge < -0.3 is 0 Å². The van der Waals surface area contributed by atoms with E-state index in [1.165, 1.54) is 0 Å². The van der Waals surface area contributed by atoms with Gasteiger partial charge in [0.25, 0.3) is 11.8 Å². The van der Waals surface area contributed by atoms with E-state index in [0.717, 1.165) is 12.0 Å². The predicted octanol–water partition coefficient (Wildman–Crippen LogP) is 4.27. The highest BCUT2D eigenvalue weighted by Crippen LogP contribution is 2.23. The Hall–Kier alpha value is -2.04. The summed E-state index contributed by atoms with van der Waals surface area (Å²) < 4.78 is 0. The van der Waals surface area contributed by atoms with Crippen LogP contribution in [0.5, 0.6) is 0 Å². The van der Waals surface area contributed by atoms with Crippen molar-refractivity contribution >= 4 is 35.0 Å². The highest BCUT2D eigenvalue weighted by Gasteiger charge is 2.15. The number of hydrogen-bond acceptors (Lipinski definition) is 2. The Kier molecular flexibility index (Phi) is 6.23. The van der Waals surface area contributed by atoms with Gasteiger partial charge in [0.1, 0.15) is 0 Å². The average Bonchev–Trinajstić information content (AvgIpc) is 2.52. The van der Waals surface area contributed by atoms with Crippen LogP contribution in [0.3, 0.4) is 0 Å². The Morgan fingerprint density at radius 1 is 0.917 bits per heavy atom. The monoisotopic (exact) mass is 364 g/mol. The van der Waals surface area contributed by atoms with Crippen molar-refractivity contribution in [2.45, 2.75) is 20.3 Å². The minimum atomic E-state index is -0.574. The maximum atomic E-state index is 12.1. The fraction of sp³-hybridized carbons (Fsp3) is 0.222. The van der Waals surface area contributed by atoms with Crippen molar-refractivity contribution in [3.8, 4) is 0 Å². The van der Waals surface area contributed by atoms with Gasteiger partial charge in [-0.15, -0.1) is 0 Å². The predicted molar refractivity (Wildman–Crippen MR) is 96.4 cm³/mol. The molecular weight excluding hydrogens is 347 g/mol. The van der Waals surface area contributed by atoms with E-state index in [9.17, 15) is 9.59 Å². The first-order chi connectivity index (χ1) is 11.4. The van der Waals surface area contributed by atoms with Crippen molar-refractivity contribution in [1.82, 2.24) is 10.9 Å². The molecule has 0 unspecified atom stereocenters. The van der Waals surface area contributed by atoms with Crippen molar-refractivity contribution in [1.29, 1.82) is 0 Å². The van der Waals surface area contributed by atoms with E-state index in [0.29, 0.717) is 11.5 Å². The van der Waals surface area contributed by atoms with Crippen LogP contribution < -0.4 is 10.9 Å². The first-order valence-electron chi connectivity index (χ1n) is 7.52. The van der Waals surface area contributed by atoms with Gasteiger partial charge in [0, 0.05) is 5.56 Å². The quantitative estimate of drug-likeness (QED) is 0.795. The van der Waals surface area contributed by atoms with Crippen molar-refractivity contribution in [3.05, 3.63) is 69.2 Å². The fourth-order valence-electron chi connectivity index (χ4n) is 2.23. The van der Waals surface area contributed by atoms with Gasteiger partial charge in [-0.3, -0.25) is 20.4 Å². The number of amides is 2. The van der Waals surface area contributed by atoms with Gasteiger partial charge >= 0.3 is 0 Å². The van der Waals surface area contributed by atoms with Crippen LogP contribution in [0.15, 0.2) is 42.5 Å². The van der Waals surface area contributed by atoms with Gasteiger partial charge in [-0.1, -0.05) is 55.2 Å².